The molecule has 25 heavy (non-hydrogen) atoms. The van der Waals surface area contributed by atoms with Crippen molar-refractivity contribution in [1.82, 2.24) is 9.97 Å². The number of imidazole rings is 1. The van der Waals surface area contributed by atoms with Crippen LogP contribution in [0.2, 0.25) is 0 Å². The molecule has 0 amide bonds. The Bertz CT molecular complexity index is 845. The van der Waals surface area contributed by atoms with Crippen molar-refractivity contribution in [2.75, 3.05) is 0 Å². The summed E-state index contributed by atoms with van der Waals surface area (Å²) in [5.74, 6) is 0.792. The van der Waals surface area contributed by atoms with E-state index in [1.807, 2.05) is 26.0 Å². The summed E-state index contributed by atoms with van der Waals surface area (Å²) < 4.78 is 22.6. The maximum absolute atomic E-state index is 11.3. The van der Waals surface area contributed by atoms with Crippen molar-refractivity contribution in [3.63, 3.8) is 0 Å². The summed E-state index contributed by atoms with van der Waals surface area (Å²) in [7, 11) is -10.8. The quantitative estimate of drug-likeness (QED) is 0.307. The minimum atomic E-state index is -5.38. The van der Waals surface area contributed by atoms with E-state index in [0.29, 0.717) is 12.8 Å². The van der Waals surface area contributed by atoms with Crippen molar-refractivity contribution in [3.05, 3.63) is 29.1 Å². The van der Waals surface area contributed by atoms with Gasteiger partial charge < -0.3 is 29.7 Å². The largest absolute Gasteiger partial charge is 0.369 e. The van der Waals surface area contributed by atoms with E-state index in [4.69, 9.17) is 19.6 Å². The normalized spacial score (nSPS) is 13.6. The Kier molecular flexibility index (Phi) is 5.62. The lowest BCUT2D eigenvalue weighted by Crippen LogP contribution is -2.28. The second kappa shape index (κ2) is 6.93. The number of fused-ring (bicyclic) bond motifs is 1. The zero-order valence-electron chi connectivity index (χ0n) is 13.9. The molecule has 2 rings (SSSR count). The molecule has 6 N–H and O–H groups in total. The van der Waals surface area contributed by atoms with Crippen molar-refractivity contribution in [1.29, 1.82) is 0 Å². The number of aromatic amines is 1. The molecule has 0 aliphatic heterocycles. The van der Waals surface area contributed by atoms with E-state index in [1.54, 1.807) is 0 Å². The van der Waals surface area contributed by atoms with E-state index in [9.17, 15) is 14.2 Å². The second-order valence-electron chi connectivity index (χ2n) is 6.19. The molecule has 1 heterocycles. The highest BCUT2D eigenvalue weighted by Crippen LogP contribution is 2.69. The van der Waals surface area contributed by atoms with Gasteiger partial charge in [0.1, 0.15) is 5.82 Å². The number of rotatable bonds is 7. The average molecular weight is 392 g/mol. The minimum absolute atomic E-state index is 0.0454. The summed E-state index contributed by atoms with van der Waals surface area (Å²) >= 11 is 0. The first-order valence-electron chi connectivity index (χ1n) is 7.64. The molecule has 2 aromatic rings. The van der Waals surface area contributed by atoms with E-state index in [1.165, 1.54) is 0 Å². The molecule has 0 atom stereocenters. The summed E-state index contributed by atoms with van der Waals surface area (Å²) in [6.45, 7) is 3.77. The predicted molar refractivity (Wildman–Crippen MR) is 92.2 cm³/mol. The molecule has 0 aliphatic rings. The number of aryl methyl sites for hydroxylation is 3. The van der Waals surface area contributed by atoms with Gasteiger partial charge in [-0.25, -0.2) is 4.98 Å². The van der Waals surface area contributed by atoms with Crippen LogP contribution in [0.5, 0.6) is 0 Å². The third-order valence-electron chi connectivity index (χ3n) is 4.20. The van der Waals surface area contributed by atoms with Gasteiger partial charge in [0, 0.05) is 0 Å². The summed E-state index contributed by atoms with van der Waals surface area (Å²) in [5, 5.41) is 6.50. The maximum Gasteiger partial charge on any atom is 0.369 e. The Morgan fingerprint density at radius 1 is 1.08 bits per heavy atom. The SMILES string of the molecule is Cc1nc2cc(CCCCC(O)(P(=O)(O)O)P(=O)(O)O)c(C)cc2[nH]1. The zero-order valence-corrected chi connectivity index (χ0v) is 15.7. The van der Waals surface area contributed by atoms with Gasteiger partial charge in [0.15, 0.2) is 0 Å². The van der Waals surface area contributed by atoms with Crippen LogP contribution in [0.3, 0.4) is 0 Å². The monoisotopic (exact) mass is 392 g/mol. The molecular formula is C14H22N2O7P2. The minimum Gasteiger partial charge on any atom is -0.368 e. The van der Waals surface area contributed by atoms with E-state index in [2.05, 4.69) is 9.97 Å². The van der Waals surface area contributed by atoms with Crippen LogP contribution in [0.25, 0.3) is 11.0 Å². The van der Waals surface area contributed by atoms with Gasteiger partial charge >= 0.3 is 15.2 Å². The third-order valence-corrected chi connectivity index (χ3v) is 8.08. The number of hydrogen-bond donors (Lipinski definition) is 6. The highest BCUT2D eigenvalue weighted by molar-refractivity contribution is 7.72. The standard InChI is InChI=1S/C14H22N2O7P2/c1-9-7-12-13(16-10(2)15-12)8-11(9)5-3-4-6-14(17,24(18,19)20)25(21,22)23/h7-8,17H,3-6H2,1-2H3,(H,15,16)(H2,18,19,20)(H2,21,22,23). The molecule has 0 saturated carbocycles. The summed E-state index contributed by atoms with van der Waals surface area (Å²) in [4.78, 5) is 43.9. The molecule has 1 aromatic heterocycles. The molecule has 0 radical (unpaired) electrons. The highest BCUT2D eigenvalue weighted by atomic mass is 31.2. The van der Waals surface area contributed by atoms with Crippen LogP contribution in [-0.2, 0) is 15.6 Å². The van der Waals surface area contributed by atoms with Crippen molar-refractivity contribution >= 4 is 26.2 Å². The lowest BCUT2D eigenvalue weighted by Gasteiger charge is -2.29. The molecule has 0 fully saturated rings. The molecule has 9 nitrogen and oxygen atoms in total. The van der Waals surface area contributed by atoms with Crippen molar-refractivity contribution in [3.8, 4) is 0 Å². The van der Waals surface area contributed by atoms with Crippen molar-refractivity contribution in [2.45, 2.75) is 44.6 Å². The van der Waals surface area contributed by atoms with Crippen molar-refractivity contribution in [2.24, 2.45) is 0 Å². The van der Waals surface area contributed by atoms with Crippen LogP contribution in [-0.4, -0.2) is 39.7 Å². The number of hydrogen-bond acceptors (Lipinski definition) is 4. The summed E-state index contributed by atoms with van der Waals surface area (Å²) in [6, 6.07) is 3.86. The molecule has 0 aliphatic carbocycles. The van der Waals surface area contributed by atoms with Gasteiger partial charge in [0.05, 0.1) is 11.0 Å². The van der Waals surface area contributed by atoms with Gasteiger partial charge in [-0.3, -0.25) is 9.13 Å². The Labute approximate surface area is 144 Å². The lowest BCUT2D eigenvalue weighted by molar-refractivity contribution is 0.120. The fourth-order valence-electron chi connectivity index (χ4n) is 2.74. The molecule has 0 spiro atoms. The lowest BCUT2D eigenvalue weighted by atomic mass is 10.0. The number of benzene rings is 1. The molecule has 140 valence electrons. The maximum atomic E-state index is 11.3. The fourth-order valence-corrected chi connectivity index (χ4v) is 5.00. The van der Waals surface area contributed by atoms with Crippen LogP contribution in [0, 0.1) is 13.8 Å². The molecular weight excluding hydrogens is 370 g/mol. The molecule has 1 aromatic carbocycles. The third kappa shape index (κ3) is 4.20. The van der Waals surface area contributed by atoms with Gasteiger partial charge in [-0.1, -0.05) is 0 Å². The summed E-state index contributed by atoms with van der Waals surface area (Å²) in [5.41, 5.74) is 3.71. The first-order valence-corrected chi connectivity index (χ1v) is 10.9. The van der Waals surface area contributed by atoms with Crippen molar-refractivity contribution < 1.29 is 33.8 Å². The smallest absolute Gasteiger partial charge is 0.368 e. The Morgan fingerprint density at radius 2 is 1.68 bits per heavy atom. The second-order valence-corrected chi connectivity index (χ2v) is 10.2. The van der Waals surface area contributed by atoms with E-state index >= 15 is 0 Å². The van der Waals surface area contributed by atoms with E-state index in [0.717, 1.165) is 28.0 Å². The van der Waals surface area contributed by atoms with Crippen LogP contribution >= 0.6 is 15.2 Å². The van der Waals surface area contributed by atoms with E-state index < -0.39 is 26.7 Å². The van der Waals surface area contributed by atoms with Gasteiger partial charge in [-0.05, 0) is 62.8 Å². The number of aromatic nitrogens is 2. The zero-order chi connectivity index (χ0) is 19.0. The summed E-state index contributed by atoms with van der Waals surface area (Å²) in [6.07, 6.45) is 0.290. The number of nitrogens with zero attached hydrogens (tertiary/aromatic N) is 1. The van der Waals surface area contributed by atoms with Crippen LogP contribution in [0.15, 0.2) is 12.1 Å². The number of nitrogens with one attached hydrogen (secondary N) is 1. The fraction of sp³-hybridized carbons (Fsp3) is 0.500. The Morgan fingerprint density at radius 3 is 2.24 bits per heavy atom. The van der Waals surface area contributed by atoms with Gasteiger partial charge in [0.2, 0.25) is 0 Å². The highest BCUT2D eigenvalue weighted by Gasteiger charge is 2.58. The van der Waals surface area contributed by atoms with Crippen LogP contribution in [0.4, 0.5) is 0 Å². The number of unbranched alkanes of at least 4 members (excludes halogenated alkanes) is 1. The Balaban J connectivity index is 2.06. The molecule has 0 saturated heterocycles. The number of H-pyrrole nitrogens is 1. The Hall–Kier alpha value is -1.05. The van der Waals surface area contributed by atoms with Gasteiger partial charge in [-0.2, -0.15) is 0 Å². The first kappa shape index (κ1) is 20.3. The van der Waals surface area contributed by atoms with Crippen LogP contribution < -0.4 is 0 Å². The number of aliphatic hydroxyl groups is 1. The van der Waals surface area contributed by atoms with Crippen LogP contribution in [0.1, 0.15) is 36.2 Å². The molecule has 0 bridgehead atoms. The van der Waals surface area contributed by atoms with E-state index in [-0.39, 0.29) is 6.42 Å². The van der Waals surface area contributed by atoms with Gasteiger partial charge in [-0.15, -0.1) is 0 Å². The predicted octanol–water partition coefficient (Wildman–Crippen LogP) is 1.89. The molecule has 11 heteroatoms. The first-order chi connectivity index (χ1) is 11.3. The molecule has 0 unspecified atom stereocenters. The average Bonchev–Trinajstić information content (AvgIpc) is 2.79. The van der Waals surface area contributed by atoms with Gasteiger partial charge in [0.25, 0.3) is 5.08 Å². The topological polar surface area (TPSA) is 164 Å².